The molecule has 0 saturated carbocycles. The summed E-state index contributed by atoms with van der Waals surface area (Å²) in [4.78, 5) is 10.0. The predicted octanol–water partition coefficient (Wildman–Crippen LogP) is 1.12. The molecule has 0 heterocycles. The van der Waals surface area contributed by atoms with Crippen molar-refractivity contribution >= 4 is 17.6 Å². The monoisotopic (exact) mass is 210 g/mol. The van der Waals surface area contributed by atoms with Crippen LogP contribution in [0.2, 0.25) is 0 Å². The molecule has 0 aromatic heterocycles. The van der Waals surface area contributed by atoms with Gasteiger partial charge in [0.1, 0.15) is 0 Å². The van der Waals surface area contributed by atoms with Crippen molar-refractivity contribution < 1.29 is 19.4 Å². The molecular weight excluding hydrogens is 196 g/mol. The molecule has 0 fully saturated rings. The molecule has 13 heavy (non-hydrogen) atoms. The van der Waals surface area contributed by atoms with Gasteiger partial charge in [-0.05, 0) is 6.42 Å². The fourth-order valence-electron chi connectivity index (χ4n) is 0.638. The lowest BCUT2D eigenvalue weighted by Gasteiger charge is -2.03. The summed E-state index contributed by atoms with van der Waals surface area (Å²) in [5.41, 5.74) is 0. The van der Waals surface area contributed by atoms with E-state index in [0.29, 0.717) is 25.7 Å². The average molecular weight is 211 g/mol. The minimum atomic E-state index is -0.844. The van der Waals surface area contributed by atoms with Gasteiger partial charge in [-0.3, -0.25) is 4.79 Å². The van der Waals surface area contributed by atoms with Crippen LogP contribution in [0.4, 0.5) is 0 Å². The van der Waals surface area contributed by atoms with Crippen LogP contribution in [-0.4, -0.2) is 43.4 Å². The van der Waals surface area contributed by atoms with Crippen molar-refractivity contribution in [3.8, 4) is 0 Å². The Kier molecular flexibility index (Phi) is 9.53. The van der Waals surface area contributed by atoms with Crippen molar-refractivity contribution in [2.24, 2.45) is 0 Å². The maximum absolute atomic E-state index is 10.0. The van der Waals surface area contributed by atoms with Gasteiger partial charge in [-0.1, -0.05) is 0 Å². The third-order valence-electron chi connectivity index (χ3n) is 1.25. The van der Waals surface area contributed by atoms with Gasteiger partial charge in [-0.2, -0.15) is 0 Å². The van der Waals surface area contributed by atoms with Gasteiger partial charge in [-0.25, -0.2) is 0 Å². The molecule has 0 unspecified atom stereocenters. The zero-order chi connectivity index (χ0) is 9.94. The summed E-state index contributed by atoms with van der Waals surface area (Å²) < 4.78 is 10.1. The normalized spacial score (nSPS) is 10.2. The number of hydrogen-bond acceptors (Lipinski definition) is 3. The van der Waals surface area contributed by atoms with E-state index in [-0.39, 0.29) is 13.0 Å². The first kappa shape index (κ1) is 12.7. The third kappa shape index (κ3) is 11.7. The standard InChI is InChI=1S/C8H15ClO4/c9-3-1-4-12-6-7-13-5-2-8(10)11/h1-7H2,(H,10,11). The second-order valence-corrected chi connectivity index (χ2v) is 2.79. The highest BCUT2D eigenvalue weighted by molar-refractivity contribution is 6.17. The van der Waals surface area contributed by atoms with E-state index in [0.717, 1.165) is 6.42 Å². The Morgan fingerprint density at radius 2 is 1.77 bits per heavy atom. The molecular formula is C8H15ClO4. The second kappa shape index (κ2) is 9.77. The van der Waals surface area contributed by atoms with Crippen molar-refractivity contribution in [1.82, 2.24) is 0 Å². The fraction of sp³-hybridized carbons (Fsp3) is 0.875. The van der Waals surface area contributed by atoms with Crippen LogP contribution in [0.15, 0.2) is 0 Å². The van der Waals surface area contributed by atoms with E-state index >= 15 is 0 Å². The minimum absolute atomic E-state index is 0.0433. The molecule has 5 heteroatoms. The molecule has 0 spiro atoms. The number of ether oxygens (including phenoxy) is 2. The number of aliphatic carboxylic acids is 1. The Labute approximate surface area is 82.8 Å². The smallest absolute Gasteiger partial charge is 0.305 e. The molecule has 78 valence electrons. The van der Waals surface area contributed by atoms with Gasteiger partial charge in [-0.15, -0.1) is 11.6 Å². The molecule has 0 saturated heterocycles. The van der Waals surface area contributed by atoms with Crippen LogP contribution in [0, 0.1) is 0 Å². The van der Waals surface area contributed by atoms with Gasteiger partial charge >= 0.3 is 5.97 Å². The molecule has 0 amide bonds. The maximum Gasteiger partial charge on any atom is 0.305 e. The van der Waals surface area contributed by atoms with Crippen LogP contribution in [0.1, 0.15) is 12.8 Å². The quantitative estimate of drug-likeness (QED) is 0.458. The Hall–Kier alpha value is -0.320. The molecule has 4 nitrogen and oxygen atoms in total. The predicted molar refractivity (Wildman–Crippen MR) is 49.2 cm³/mol. The van der Waals surface area contributed by atoms with Gasteiger partial charge in [0.25, 0.3) is 0 Å². The van der Waals surface area contributed by atoms with E-state index in [2.05, 4.69) is 0 Å². The first-order valence-electron chi connectivity index (χ1n) is 4.20. The molecule has 1 N–H and O–H groups in total. The first-order valence-corrected chi connectivity index (χ1v) is 4.74. The van der Waals surface area contributed by atoms with Gasteiger partial charge in [0.15, 0.2) is 0 Å². The molecule has 0 aliphatic carbocycles. The van der Waals surface area contributed by atoms with Crippen LogP contribution in [0.5, 0.6) is 0 Å². The summed E-state index contributed by atoms with van der Waals surface area (Å²) in [7, 11) is 0. The first-order chi connectivity index (χ1) is 6.27. The van der Waals surface area contributed by atoms with Crippen LogP contribution in [0.3, 0.4) is 0 Å². The minimum Gasteiger partial charge on any atom is -0.481 e. The van der Waals surface area contributed by atoms with Crippen LogP contribution < -0.4 is 0 Å². The lowest BCUT2D eigenvalue weighted by atomic mass is 10.5. The maximum atomic E-state index is 10.0. The van der Waals surface area contributed by atoms with Crippen molar-refractivity contribution in [3.05, 3.63) is 0 Å². The largest absolute Gasteiger partial charge is 0.481 e. The van der Waals surface area contributed by atoms with E-state index in [1.807, 2.05) is 0 Å². The third-order valence-corrected chi connectivity index (χ3v) is 1.52. The second-order valence-electron chi connectivity index (χ2n) is 2.41. The summed E-state index contributed by atoms with van der Waals surface area (Å²) in [5.74, 6) is -0.247. The summed E-state index contributed by atoms with van der Waals surface area (Å²) in [6.07, 6.45) is 0.873. The lowest BCUT2D eigenvalue weighted by molar-refractivity contribution is -0.138. The lowest BCUT2D eigenvalue weighted by Crippen LogP contribution is -2.08. The number of rotatable bonds is 9. The number of carbonyl (C=O) groups is 1. The molecule has 0 aromatic carbocycles. The van der Waals surface area contributed by atoms with Crippen molar-refractivity contribution in [3.63, 3.8) is 0 Å². The molecule has 0 atom stereocenters. The van der Waals surface area contributed by atoms with Crippen LogP contribution in [-0.2, 0) is 14.3 Å². The number of carboxylic acid groups (broad SMARTS) is 1. The van der Waals surface area contributed by atoms with Crippen LogP contribution in [0.25, 0.3) is 0 Å². The number of carboxylic acids is 1. The zero-order valence-corrected chi connectivity index (χ0v) is 8.26. The number of halogens is 1. The van der Waals surface area contributed by atoms with Gasteiger partial charge in [0.05, 0.1) is 26.2 Å². The Morgan fingerprint density at radius 1 is 1.15 bits per heavy atom. The molecule has 0 radical (unpaired) electrons. The summed E-state index contributed by atoms with van der Waals surface area (Å²) in [6, 6.07) is 0. The van der Waals surface area contributed by atoms with Gasteiger partial charge in [0, 0.05) is 12.5 Å². The Balaban J connectivity index is 2.87. The van der Waals surface area contributed by atoms with Crippen molar-refractivity contribution in [1.29, 1.82) is 0 Å². The molecule has 0 aliphatic heterocycles. The van der Waals surface area contributed by atoms with Crippen molar-refractivity contribution in [2.45, 2.75) is 12.8 Å². The Bertz CT molecular complexity index is 129. The highest BCUT2D eigenvalue weighted by atomic mass is 35.5. The van der Waals surface area contributed by atoms with Gasteiger partial charge in [0.2, 0.25) is 0 Å². The molecule has 0 aliphatic rings. The summed E-state index contributed by atoms with van der Waals surface area (Å²) in [6.45, 7) is 1.81. The number of alkyl halides is 1. The highest BCUT2D eigenvalue weighted by Crippen LogP contribution is 1.87. The van der Waals surface area contributed by atoms with Gasteiger partial charge < -0.3 is 14.6 Å². The summed E-state index contributed by atoms with van der Waals surface area (Å²) in [5, 5.41) is 8.26. The Morgan fingerprint density at radius 3 is 2.31 bits per heavy atom. The van der Waals surface area contributed by atoms with E-state index in [1.165, 1.54) is 0 Å². The van der Waals surface area contributed by atoms with E-state index in [9.17, 15) is 4.79 Å². The topological polar surface area (TPSA) is 55.8 Å². The van der Waals surface area contributed by atoms with Crippen molar-refractivity contribution in [2.75, 3.05) is 32.3 Å². The fourth-order valence-corrected chi connectivity index (χ4v) is 0.747. The SMILES string of the molecule is O=C(O)CCOCCOCCCCl. The molecule has 0 bridgehead atoms. The summed E-state index contributed by atoms with van der Waals surface area (Å²) >= 11 is 5.42. The van der Waals surface area contributed by atoms with E-state index in [4.69, 9.17) is 26.2 Å². The van der Waals surface area contributed by atoms with Crippen LogP contribution >= 0.6 is 11.6 Å². The number of hydrogen-bond donors (Lipinski definition) is 1. The zero-order valence-electron chi connectivity index (χ0n) is 7.50. The van der Waals surface area contributed by atoms with E-state index < -0.39 is 5.97 Å². The van der Waals surface area contributed by atoms with E-state index in [1.54, 1.807) is 0 Å². The molecule has 0 rings (SSSR count). The highest BCUT2D eigenvalue weighted by Gasteiger charge is 1.95. The molecule has 0 aromatic rings. The average Bonchev–Trinajstić information content (AvgIpc) is 2.09.